The molecule has 1 heterocycles. The maximum atomic E-state index is 13.5. The van der Waals surface area contributed by atoms with Gasteiger partial charge in [0.2, 0.25) is 0 Å². The van der Waals surface area contributed by atoms with Crippen LogP contribution in [0.5, 0.6) is 0 Å². The topological polar surface area (TPSA) is 72.2 Å². The van der Waals surface area contributed by atoms with Crippen molar-refractivity contribution in [2.75, 3.05) is 0 Å². The van der Waals surface area contributed by atoms with E-state index in [1.165, 1.54) is 11.1 Å². The third-order valence-electron chi connectivity index (χ3n) is 8.02. The highest BCUT2D eigenvalue weighted by molar-refractivity contribution is 9.10. The molecule has 0 amide bonds. The number of aromatic nitrogens is 2. The standard InChI is InChI=1S/C30H27BrN2O3/c31-25-11-23-17-32-33(18-19-6-8-22(9-7-19)21-4-2-1-3-5-21)28(23)26(12-25)27(34)10-20-13-30(14-20)15-24(16-30)29(35)36/h1-9,11-12,17,20,24H,10,13-16,18H2,(H,35,36). The molecule has 6 rings (SSSR count). The van der Waals surface area contributed by atoms with E-state index in [2.05, 4.69) is 57.4 Å². The number of carbonyl (C=O) groups excluding carboxylic acids is 1. The summed E-state index contributed by atoms with van der Waals surface area (Å²) < 4.78 is 2.80. The van der Waals surface area contributed by atoms with Crippen molar-refractivity contribution in [3.8, 4) is 11.1 Å². The van der Waals surface area contributed by atoms with E-state index in [-0.39, 0.29) is 17.1 Å². The Morgan fingerprint density at radius 1 is 0.972 bits per heavy atom. The number of carboxylic acids is 1. The Labute approximate surface area is 218 Å². The van der Waals surface area contributed by atoms with Crippen LogP contribution < -0.4 is 0 Å². The number of nitrogens with zero attached hydrogens (tertiary/aromatic N) is 2. The Balaban J connectivity index is 1.19. The van der Waals surface area contributed by atoms with Crippen LogP contribution in [0.15, 0.2) is 77.4 Å². The number of halogens is 1. The molecule has 0 bridgehead atoms. The highest BCUT2D eigenvalue weighted by Crippen LogP contribution is 2.62. The third-order valence-corrected chi connectivity index (χ3v) is 8.48. The molecule has 4 aromatic rings. The van der Waals surface area contributed by atoms with Gasteiger partial charge in [-0.15, -0.1) is 0 Å². The number of aliphatic carboxylic acids is 1. The van der Waals surface area contributed by atoms with Crippen LogP contribution in [-0.4, -0.2) is 26.6 Å². The van der Waals surface area contributed by atoms with Crippen molar-refractivity contribution in [1.82, 2.24) is 9.78 Å². The van der Waals surface area contributed by atoms with Gasteiger partial charge in [0.1, 0.15) is 0 Å². The largest absolute Gasteiger partial charge is 0.481 e. The van der Waals surface area contributed by atoms with Crippen LogP contribution in [0.25, 0.3) is 22.0 Å². The Kier molecular flexibility index (Phi) is 5.79. The van der Waals surface area contributed by atoms with E-state index in [0.717, 1.165) is 46.6 Å². The van der Waals surface area contributed by atoms with Crippen LogP contribution in [-0.2, 0) is 11.3 Å². The summed E-state index contributed by atoms with van der Waals surface area (Å²) in [6.45, 7) is 0.587. The molecule has 182 valence electrons. The second-order valence-electron chi connectivity index (χ2n) is 10.6. The minimum Gasteiger partial charge on any atom is -0.481 e. The molecule has 0 radical (unpaired) electrons. The highest BCUT2D eigenvalue weighted by atomic mass is 79.9. The second kappa shape index (κ2) is 9.00. The van der Waals surface area contributed by atoms with Gasteiger partial charge in [-0.3, -0.25) is 14.3 Å². The van der Waals surface area contributed by atoms with Crippen LogP contribution >= 0.6 is 15.9 Å². The van der Waals surface area contributed by atoms with E-state index < -0.39 is 5.97 Å². The van der Waals surface area contributed by atoms with Crippen LogP contribution in [0.1, 0.15) is 48.0 Å². The smallest absolute Gasteiger partial charge is 0.306 e. The minimum absolute atomic E-state index is 0.136. The van der Waals surface area contributed by atoms with Gasteiger partial charge in [0.15, 0.2) is 5.78 Å². The number of ketones is 1. The molecule has 0 saturated heterocycles. The van der Waals surface area contributed by atoms with Crippen LogP contribution in [0.4, 0.5) is 0 Å². The lowest BCUT2D eigenvalue weighted by Gasteiger charge is -2.56. The van der Waals surface area contributed by atoms with Crippen LogP contribution in [0, 0.1) is 17.3 Å². The summed E-state index contributed by atoms with van der Waals surface area (Å²) in [6.07, 6.45) is 5.79. The Morgan fingerprint density at radius 2 is 1.67 bits per heavy atom. The van der Waals surface area contributed by atoms with E-state index >= 15 is 0 Å². The summed E-state index contributed by atoms with van der Waals surface area (Å²) >= 11 is 3.57. The third kappa shape index (κ3) is 4.28. The lowest BCUT2D eigenvalue weighted by molar-refractivity contribution is -0.157. The molecular formula is C30H27BrN2O3. The molecule has 0 aliphatic heterocycles. The van der Waals surface area contributed by atoms with Gasteiger partial charge >= 0.3 is 5.97 Å². The number of carbonyl (C=O) groups is 2. The normalized spacial score (nSPS) is 22.8. The summed E-state index contributed by atoms with van der Waals surface area (Å²) in [5, 5.41) is 14.8. The molecule has 36 heavy (non-hydrogen) atoms. The van der Waals surface area contributed by atoms with E-state index in [1.54, 1.807) is 0 Å². The predicted octanol–water partition coefficient (Wildman–Crippen LogP) is 6.98. The van der Waals surface area contributed by atoms with E-state index in [0.29, 0.717) is 24.4 Å². The average Bonchev–Trinajstić information content (AvgIpc) is 3.22. The fourth-order valence-electron chi connectivity index (χ4n) is 6.31. The predicted molar refractivity (Wildman–Crippen MR) is 143 cm³/mol. The number of carboxylic acid groups (broad SMARTS) is 1. The summed E-state index contributed by atoms with van der Waals surface area (Å²) in [4.78, 5) is 24.6. The van der Waals surface area contributed by atoms with Crippen molar-refractivity contribution in [3.05, 3.63) is 88.5 Å². The molecule has 1 aromatic heterocycles. The van der Waals surface area contributed by atoms with Crippen molar-refractivity contribution in [2.24, 2.45) is 17.3 Å². The van der Waals surface area contributed by atoms with Gasteiger partial charge in [-0.1, -0.05) is 70.5 Å². The first-order valence-electron chi connectivity index (χ1n) is 12.4. The van der Waals surface area contributed by atoms with Gasteiger partial charge in [0, 0.05) is 21.8 Å². The van der Waals surface area contributed by atoms with Gasteiger partial charge in [-0.25, -0.2) is 0 Å². The Bertz CT molecular complexity index is 1450. The van der Waals surface area contributed by atoms with Gasteiger partial charge in [0.05, 0.1) is 24.2 Å². The number of fused-ring (bicyclic) bond motifs is 1. The maximum absolute atomic E-state index is 13.5. The minimum atomic E-state index is -0.681. The molecule has 3 aromatic carbocycles. The molecule has 2 aliphatic rings. The Hall–Kier alpha value is -3.25. The summed E-state index contributed by atoms with van der Waals surface area (Å²) in [5.41, 5.74) is 5.23. The zero-order valence-electron chi connectivity index (χ0n) is 19.9. The van der Waals surface area contributed by atoms with Crippen LogP contribution in [0.3, 0.4) is 0 Å². The number of hydrogen-bond acceptors (Lipinski definition) is 3. The van der Waals surface area contributed by atoms with E-state index in [4.69, 9.17) is 0 Å². The first-order valence-corrected chi connectivity index (χ1v) is 13.2. The molecule has 6 heteroatoms. The number of benzene rings is 3. The molecule has 2 saturated carbocycles. The lowest BCUT2D eigenvalue weighted by Crippen LogP contribution is -2.50. The van der Waals surface area contributed by atoms with Crippen molar-refractivity contribution in [2.45, 2.75) is 38.6 Å². The van der Waals surface area contributed by atoms with Gasteiger partial charge in [-0.2, -0.15) is 5.10 Å². The summed E-state index contributed by atoms with van der Waals surface area (Å²) in [5.74, 6) is -0.401. The number of hydrogen-bond donors (Lipinski definition) is 1. The van der Waals surface area contributed by atoms with Crippen molar-refractivity contribution < 1.29 is 14.7 Å². The lowest BCUT2D eigenvalue weighted by atomic mass is 9.47. The van der Waals surface area contributed by atoms with E-state index in [1.807, 2.05) is 41.2 Å². The molecule has 1 spiro atoms. The molecular weight excluding hydrogens is 516 g/mol. The number of Topliss-reactive ketones (excluding diaryl/α,β-unsaturated/α-hetero) is 1. The number of rotatable bonds is 7. The molecule has 2 aliphatic carbocycles. The fourth-order valence-corrected chi connectivity index (χ4v) is 6.79. The first kappa shape index (κ1) is 23.2. The molecule has 0 atom stereocenters. The fraction of sp³-hybridized carbons (Fsp3) is 0.300. The quantitative estimate of drug-likeness (QED) is 0.256. The monoisotopic (exact) mass is 542 g/mol. The zero-order chi connectivity index (χ0) is 24.9. The average molecular weight is 543 g/mol. The van der Waals surface area contributed by atoms with Gasteiger partial charge in [0.25, 0.3) is 0 Å². The van der Waals surface area contributed by atoms with E-state index in [9.17, 15) is 14.7 Å². The second-order valence-corrected chi connectivity index (χ2v) is 11.5. The molecule has 0 unspecified atom stereocenters. The van der Waals surface area contributed by atoms with Gasteiger partial charge in [-0.05, 0) is 65.8 Å². The molecule has 1 N–H and O–H groups in total. The summed E-state index contributed by atoms with van der Waals surface area (Å²) in [7, 11) is 0. The van der Waals surface area contributed by atoms with Crippen molar-refractivity contribution in [1.29, 1.82) is 0 Å². The van der Waals surface area contributed by atoms with Crippen LogP contribution in [0.2, 0.25) is 0 Å². The Morgan fingerprint density at radius 3 is 2.36 bits per heavy atom. The zero-order valence-corrected chi connectivity index (χ0v) is 21.4. The first-order chi connectivity index (χ1) is 17.4. The highest BCUT2D eigenvalue weighted by Gasteiger charge is 2.54. The molecule has 5 nitrogen and oxygen atoms in total. The molecule has 2 fully saturated rings. The van der Waals surface area contributed by atoms with Crippen molar-refractivity contribution >= 4 is 38.6 Å². The summed E-state index contributed by atoms with van der Waals surface area (Å²) in [6, 6.07) is 22.7. The van der Waals surface area contributed by atoms with Gasteiger partial charge < -0.3 is 5.11 Å². The SMILES string of the molecule is O=C(CC1CC2(C1)CC(C(=O)O)C2)c1cc(Br)cc2cnn(Cc3ccc(-c4ccccc4)cc3)c12. The maximum Gasteiger partial charge on any atom is 0.306 e. The van der Waals surface area contributed by atoms with Crippen molar-refractivity contribution in [3.63, 3.8) is 0 Å².